The van der Waals surface area contributed by atoms with Crippen LogP contribution in [0, 0.1) is 0 Å². The molecule has 0 saturated carbocycles. The zero-order valence-electron chi connectivity index (χ0n) is 17.9. The molecule has 10 heteroatoms. The molecule has 4 rings (SSSR count). The fourth-order valence-electron chi connectivity index (χ4n) is 2.85. The van der Waals surface area contributed by atoms with Gasteiger partial charge in [-0.05, 0) is 47.4 Å². The quantitative estimate of drug-likeness (QED) is 0.272. The molecule has 0 aliphatic carbocycles. The van der Waals surface area contributed by atoms with Gasteiger partial charge in [-0.1, -0.05) is 60.6 Å². The van der Waals surface area contributed by atoms with Crippen LogP contribution in [0.2, 0.25) is 0 Å². The lowest BCUT2D eigenvalue weighted by Crippen LogP contribution is -2.16. The van der Waals surface area contributed by atoms with Crippen molar-refractivity contribution in [3.05, 3.63) is 70.3 Å². The van der Waals surface area contributed by atoms with Crippen LogP contribution in [0.4, 0.5) is 0 Å². The van der Waals surface area contributed by atoms with E-state index < -0.39 is 0 Å². The van der Waals surface area contributed by atoms with Gasteiger partial charge in [0.15, 0.2) is 5.82 Å². The summed E-state index contributed by atoms with van der Waals surface area (Å²) in [5, 5.41) is 17.0. The van der Waals surface area contributed by atoms with Crippen molar-refractivity contribution in [3.63, 3.8) is 0 Å². The van der Waals surface area contributed by atoms with Gasteiger partial charge in [0, 0.05) is 10.0 Å². The van der Waals surface area contributed by atoms with Crippen molar-refractivity contribution in [2.45, 2.75) is 43.7 Å². The van der Waals surface area contributed by atoms with Gasteiger partial charge in [-0.25, -0.2) is 4.68 Å². The van der Waals surface area contributed by atoms with Gasteiger partial charge < -0.3 is 15.0 Å². The van der Waals surface area contributed by atoms with Gasteiger partial charge in [0.05, 0.1) is 5.75 Å². The molecule has 0 aliphatic heterocycles. The number of aromatic nitrogens is 5. The molecule has 0 saturated heterocycles. The molecule has 0 unspecified atom stereocenters. The molecule has 0 radical (unpaired) electrons. The van der Waals surface area contributed by atoms with Crippen LogP contribution in [0.25, 0.3) is 11.5 Å². The van der Waals surface area contributed by atoms with Crippen molar-refractivity contribution >= 4 is 27.7 Å². The Morgan fingerprint density at radius 2 is 1.72 bits per heavy atom. The average Bonchev–Trinajstić information content (AvgIpc) is 3.38. The highest BCUT2D eigenvalue weighted by Gasteiger charge is 2.15. The van der Waals surface area contributed by atoms with Gasteiger partial charge in [0.25, 0.3) is 0 Å². The summed E-state index contributed by atoms with van der Waals surface area (Å²) >= 11 is 4.77. The third-order valence-electron chi connectivity index (χ3n) is 4.71. The molecular formula is C22H23BrN6O2S. The highest BCUT2D eigenvalue weighted by molar-refractivity contribution is 9.10. The predicted octanol–water partition coefficient (Wildman–Crippen LogP) is 4.97. The van der Waals surface area contributed by atoms with E-state index in [4.69, 9.17) is 15.0 Å². The lowest BCUT2D eigenvalue weighted by Gasteiger charge is -2.19. The predicted molar refractivity (Wildman–Crippen MR) is 127 cm³/mol. The summed E-state index contributed by atoms with van der Waals surface area (Å²) in [4.78, 5) is 0. The van der Waals surface area contributed by atoms with E-state index in [0.717, 1.165) is 15.8 Å². The lowest BCUT2D eigenvalue weighted by atomic mass is 9.87. The van der Waals surface area contributed by atoms with E-state index in [1.54, 1.807) is 0 Å². The van der Waals surface area contributed by atoms with Gasteiger partial charge in [-0.3, -0.25) is 0 Å². The Morgan fingerprint density at radius 3 is 2.41 bits per heavy atom. The van der Waals surface area contributed by atoms with E-state index in [2.05, 4.69) is 69.2 Å². The summed E-state index contributed by atoms with van der Waals surface area (Å²) in [5.74, 6) is 8.79. The van der Waals surface area contributed by atoms with Crippen LogP contribution in [-0.2, 0) is 17.8 Å². The van der Waals surface area contributed by atoms with Crippen molar-refractivity contribution in [1.29, 1.82) is 0 Å². The van der Waals surface area contributed by atoms with Gasteiger partial charge in [0.1, 0.15) is 12.4 Å². The number of nitrogens with two attached hydrogens (primary N) is 1. The second-order valence-electron chi connectivity index (χ2n) is 8.13. The van der Waals surface area contributed by atoms with Crippen molar-refractivity contribution in [1.82, 2.24) is 25.1 Å². The zero-order chi connectivity index (χ0) is 22.7. The Morgan fingerprint density at radius 1 is 1.00 bits per heavy atom. The fraction of sp³-hybridized carbons (Fsp3) is 0.273. The number of nitrogens with zero attached hydrogens (tertiary/aromatic N) is 5. The SMILES string of the molecule is CC(C)(C)c1ccc(OCc2nnc(SCc3nnc(-c4ccc(Br)cc4)o3)n2N)cc1. The molecule has 4 aromatic rings. The summed E-state index contributed by atoms with van der Waals surface area (Å²) < 4.78 is 14.0. The number of ether oxygens (including phenoxy) is 1. The first-order valence-electron chi connectivity index (χ1n) is 9.93. The van der Waals surface area contributed by atoms with E-state index in [0.29, 0.717) is 28.5 Å². The first kappa shape index (κ1) is 22.3. The summed E-state index contributed by atoms with van der Waals surface area (Å²) in [7, 11) is 0. The monoisotopic (exact) mass is 514 g/mol. The lowest BCUT2D eigenvalue weighted by molar-refractivity contribution is 0.291. The van der Waals surface area contributed by atoms with E-state index in [1.807, 2.05) is 36.4 Å². The van der Waals surface area contributed by atoms with Crippen molar-refractivity contribution in [2.75, 3.05) is 5.84 Å². The largest absolute Gasteiger partial charge is 0.486 e. The van der Waals surface area contributed by atoms with Crippen LogP contribution in [0.3, 0.4) is 0 Å². The number of hydrogen-bond acceptors (Lipinski definition) is 8. The van der Waals surface area contributed by atoms with Crippen LogP contribution < -0.4 is 10.6 Å². The highest BCUT2D eigenvalue weighted by Crippen LogP contribution is 2.26. The first-order valence-corrected chi connectivity index (χ1v) is 11.7. The molecule has 8 nitrogen and oxygen atoms in total. The third kappa shape index (κ3) is 5.31. The molecule has 0 bridgehead atoms. The van der Waals surface area contributed by atoms with Crippen molar-refractivity contribution in [2.24, 2.45) is 0 Å². The summed E-state index contributed by atoms with van der Waals surface area (Å²) in [6.45, 7) is 6.74. The smallest absolute Gasteiger partial charge is 0.247 e. The number of thioether (sulfide) groups is 1. The van der Waals surface area contributed by atoms with E-state index >= 15 is 0 Å². The minimum atomic E-state index is 0.0967. The van der Waals surface area contributed by atoms with Crippen molar-refractivity contribution < 1.29 is 9.15 Å². The molecule has 0 atom stereocenters. The molecule has 0 fully saturated rings. The van der Waals surface area contributed by atoms with Crippen molar-refractivity contribution in [3.8, 4) is 17.2 Å². The molecule has 32 heavy (non-hydrogen) atoms. The standard InChI is InChI=1S/C22H23BrN6O2S/c1-22(2,3)15-6-10-17(11-7-15)30-12-18-25-28-21(29(18)24)32-13-19-26-27-20(31-19)14-4-8-16(23)9-5-14/h4-11H,12-13,24H2,1-3H3. The third-order valence-corrected chi connectivity index (χ3v) is 6.16. The first-order chi connectivity index (χ1) is 15.3. The minimum absolute atomic E-state index is 0.0967. The van der Waals surface area contributed by atoms with Gasteiger partial charge in [0.2, 0.25) is 16.9 Å². The molecule has 166 valence electrons. The average molecular weight is 515 g/mol. The second-order valence-corrected chi connectivity index (χ2v) is 9.99. The fourth-order valence-corrected chi connectivity index (χ4v) is 3.83. The van der Waals surface area contributed by atoms with Crippen LogP contribution in [-0.4, -0.2) is 25.1 Å². The van der Waals surface area contributed by atoms with E-state index in [9.17, 15) is 0 Å². The zero-order valence-corrected chi connectivity index (χ0v) is 20.4. The normalized spacial score (nSPS) is 11.6. The summed E-state index contributed by atoms with van der Waals surface area (Å²) in [6, 6.07) is 15.7. The molecule has 2 aromatic heterocycles. The molecule has 2 heterocycles. The summed E-state index contributed by atoms with van der Waals surface area (Å²) in [6.07, 6.45) is 0. The molecule has 0 spiro atoms. The van der Waals surface area contributed by atoms with Crippen LogP contribution >= 0.6 is 27.7 Å². The van der Waals surface area contributed by atoms with Crippen LogP contribution in [0.5, 0.6) is 5.75 Å². The van der Waals surface area contributed by atoms with Crippen LogP contribution in [0.15, 0.2) is 62.6 Å². The number of nitrogen functional groups attached to an aromatic ring is 1. The number of halogens is 1. The topological polar surface area (TPSA) is 105 Å². The number of benzene rings is 2. The molecule has 2 N–H and O–H groups in total. The molecule has 0 aliphatic rings. The molecule has 0 amide bonds. The molecule has 2 aromatic carbocycles. The van der Waals surface area contributed by atoms with E-state index in [1.165, 1.54) is 22.0 Å². The highest BCUT2D eigenvalue weighted by atomic mass is 79.9. The minimum Gasteiger partial charge on any atom is -0.486 e. The maximum atomic E-state index is 6.14. The maximum absolute atomic E-state index is 6.14. The maximum Gasteiger partial charge on any atom is 0.247 e. The number of hydrogen-bond donors (Lipinski definition) is 1. The Balaban J connectivity index is 1.34. The second kappa shape index (κ2) is 9.33. The summed E-state index contributed by atoms with van der Waals surface area (Å²) in [5.41, 5.74) is 2.20. The Hall–Kier alpha value is -2.85. The Labute approximate surface area is 198 Å². The van der Waals surface area contributed by atoms with Gasteiger partial charge in [-0.15, -0.1) is 20.4 Å². The Bertz CT molecular complexity index is 1180. The molecular weight excluding hydrogens is 492 g/mol. The van der Waals surface area contributed by atoms with E-state index in [-0.39, 0.29) is 12.0 Å². The van der Waals surface area contributed by atoms with Gasteiger partial charge in [-0.2, -0.15) is 0 Å². The number of rotatable bonds is 7. The Kier molecular flexibility index (Phi) is 6.52. The van der Waals surface area contributed by atoms with Crippen LogP contribution in [0.1, 0.15) is 38.0 Å². The van der Waals surface area contributed by atoms with Gasteiger partial charge >= 0.3 is 0 Å².